The van der Waals surface area contributed by atoms with Crippen LogP contribution in [0.25, 0.3) is 0 Å². The number of carbonyl (C=O) groups is 1. The number of hydrogen-bond donors (Lipinski definition) is 2. The van der Waals surface area contributed by atoms with Crippen LogP contribution in [0.15, 0.2) is 18.2 Å². The summed E-state index contributed by atoms with van der Waals surface area (Å²) in [6.07, 6.45) is -0.886. The standard InChI is InChI=1S/C11H14N2O5/c1-11(2,18-10(12)15)6-7-5-8(14)3-4-9(7)13(16)17/h3-5,14H,6H2,1-2H3,(H2,12,15). The molecule has 1 amide bonds. The molecule has 0 aliphatic rings. The fourth-order valence-electron chi connectivity index (χ4n) is 1.66. The van der Waals surface area contributed by atoms with Gasteiger partial charge >= 0.3 is 6.09 Å². The van der Waals surface area contributed by atoms with E-state index < -0.39 is 16.6 Å². The van der Waals surface area contributed by atoms with Crippen LogP contribution in [0.4, 0.5) is 10.5 Å². The van der Waals surface area contributed by atoms with Gasteiger partial charge in [0.25, 0.3) is 5.69 Å². The highest BCUT2D eigenvalue weighted by atomic mass is 16.6. The zero-order valence-corrected chi connectivity index (χ0v) is 10.0. The number of primary amides is 1. The summed E-state index contributed by atoms with van der Waals surface area (Å²) < 4.78 is 4.85. The third-order valence-electron chi connectivity index (χ3n) is 2.25. The van der Waals surface area contributed by atoms with Crippen LogP contribution >= 0.6 is 0 Å². The number of nitrogens with two attached hydrogens (primary N) is 1. The van der Waals surface area contributed by atoms with E-state index in [0.29, 0.717) is 0 Å². The maximum absolute atomic E-state index is 10.8. The molecule has 1 rings (SSSR count). The molecule has 1 aromatic rings. The number of phenolic OH excluding ortho intramolecular Hbond substituents is 1. The molecule has 0 radical (unpaired) electrons. The summed E-state index contributed by atoms with van der Waals surface area (Å²) in [6, 6.07) is 3.69. The topological polar surface area (TPSA) is 116 Å². The van der Waals surface area contributed by atoms with E-state index in [2.05, 4.69) is 0 Å². The first-order valence-electron chi connectivity index (χ1n) is 5.16. The molecule has 0 spiro atoms. The number of rotatable bonds is 4. The predicted molar refractivity (Wildman–Crippen MR) is 63.2 cm³/mol. The van der Waals surface area contributed by atoms with Gasteiger partial charge in [0.2, 0.25) is 0 Å². The molecule has 0 bridgehead atoms. The smallest absolute Gasteiger partial charge is 0.405 e. The summed E-state index contributed by atoms with van der Waals surface area (Å²) in [7, 11) is 0. The number of ether oxygens (including phenoxy) is 1. The first-order valence-corrected chi connectivity index (χ1v) is 5.16. The van der Waals surface area contributed by atoms with Gasteiger partial charge in [0, 0.05) is 18.1 Å². The zero-order chi connectivity index (χ0) is 13.9. The molecule has 0 atom stereocenters. The lowest BCUT2D eigenvalue weighted by atomic mass is 9.97. The quantitative estimate of drug-likeness (QED) is 0.626. The van der Waals surface area contributed by atoms with E-state index >= 15 is 0 Å². The van der Waals surface area contributed by atoms with Gasteiger partial charge in [-0.3, -0.25) is 10.1 Å². The second-order valence-corrected chi connectivity index (χ2v) is 4.43. The van der Waals surface area contributed by atoms with Crippen molar-refractivity contribution in [1.29, 1.82) is 0 Å². The molecule has 0 fully saturated rings. The number of carbonyl (C=O) groups excluding carboxylic acids is 1. The molecule has 0 saturated heterocycles. The van der Waals surface area contributed by atoms with Gasteiger partial charge in [0.15, 0.2) is 0 Å². The van der Waals surface area contributed by atoms with Crippen LogP contribution in [0.2, 0.25) is 0 Å². The molecule has 0 aliphatic carbocycles. The Hall–Kier alpha value is -2.31. The average Bonchev–Trinajstić information content (AvgIpc) is 2.13. The van der Waals surface area contributed by atoms with E-state index in [0.717, 1.165) is 0 Å². The number of phenols is 1. The van der Waals surface area contributed by atoms with E-state index in [9.17, 15) is 20.0 Å². The molecule has 98 valence electrons. The number of nitrogens with zero attached hydrogens (tertiary/aromatic N) is 1. The number of hydrogen-bond acceptors (Lipinski definition) is 5. The Kier molecular flexibility index (Phi) is 3.75. The largest absolute Gasteiger partial charge is 0.508 e. The van der Waals surface area contributed by atoms with Gasteiger partial charge in [-0.1, -0.05) is 0 Å². The Morgan fingerprint density at radius 3 is 2.67 bits per heavy atom. The van der Waals surface area contributed by atoms with Crippen LogP contribution in [0, 0.1) is 10.1 Å². The third-order valence-corrected chi connectivity index (χ3v) is 2.25. The van der Waals surface area contributed by atoms with E-state index in [1.54, 1.807) is 13.8 Å². The van der Waals surface area contributed by atoms with Crippen molar-refractivity contribution in [2.45, 2.75) is 25.9 Å². The molecular weight excluding hydrogens is 240 g/mol. The number of amides is 1. The lowest BCUT2D eigenvalue weighted by Gasteiger charge is -2.23. The Morgan fingerprint density at radius 1 is 1.56 bits per heavy atom. The van der Waals surface area contributed by atoms with Gasteiger partial charge < -0.3 is 15.6 Å². The second kappa shape index (κ2) is 4.91. The maximum Gasteiger partial charge on any atom is 0.405 e. The van der Waals surface area contributed by atoms with Crippen molar-refractivity contribution in [2.75, 3.05) is 0 Å². The molecular formula is C11H14N2O5. The van der Waals surface area contributed by atoms with E-state index in [1.165, 1.54) is 18.2 Å². The monoisotopic (exact) mass is 254 g/mol. The third kappa shape index (κ3) is 3.62. The zero-order valence-electron chi connectivity index (χ0n) is 10.0. The molecule has 1 aromatic carbocycles. The van der Waals surface area contributed by atoms with Crippen molar-refractivity contribution in [3.8, 4) is 5.75 Å². The summed E-state index contributed by atoms with van der Waals surface area (Å²) in [6.45, 7) is 3.15. The van der Waals surface area contributed by atoms with Crippen molar-refractivity contribution in [1.82, 2.24) is 0 Å². The highest BCUT2D eigenvalue weighted by Gasteiger charge is 2.26. The van der Waals surface area contributed by atoms with Crippen LogP contribution in [0.1, 0.15) is 19.4 Å². The Balaban J connectivity index is 3.05. The molecule has 0 heterocycles. The lowest BCUT2D eigenvalue weighted by Crippen LogP contribution is -2.33. The van der Waals surface area contributed by atoms with Crippen LogP contribution in [0.3, 0.4) is 0 Å². The lowest BCUT2D eigenvalue weighted by molar-refractivity contribution is -0.385. The molecule has 0 unspecified atom stereocenters. The maximum atomic E-state index is 10.8. The minimum absolute atomic E-state index is 0.0701. The number of nitro benzene ring substituents is 1. The highest BCUT2D eigenvalue weighted by molar-refractivity contribution is 5.65. The fraction of sp³-hybridized carbons (Fsp3) is 0.364. The average molecular weight is 254 g/mol. The van der Waals surface area contributed by atoms with Gasteiger partial charge in [0.05, 0.1) is 4.92 Å². The second-order valence-electron chi connectivity index (χ2n) is 4.43. The SMILES string of the molecule is CC(C)(Cc1cc(O)ccc1[N+](=O)[O-])OC(N)=O. The van der Waals surface area contributed by atoms with Gasteiger partial charge in [-0.15, -0.1) is 0 Å². The van der Waals surface area contributed by atoms with Crippen LogP contribution in [0.5, 0.6) is 5.75 Å². The van der Waals surface area contributed by atoms with E-state index in [-0.39, 0.29) is 23.4 Å². The van der Waals surface area contributed by atoms with Crippen molar-refractivity contribution < 1.29 is 19.6 Å². The first-order chi connectivity index (χ1) is 8.21. The Bertz CT molecular complexity index is 484. The summed E-state index contributed by atoms with van der Waals surface area (Å²) in [4.78, 5) is 21.0. The molecule has 7 heteroatoms. The summed E-state index contributed by atoms with van der Waals surface area (Å²) in [5.41, 5.74) is 4.05. The Morgan fingerprint density at radius 2 is 2.17 bits per heavy atom. The van der Waals surface area contributed by atoms with E-state index in [4.69, 9.17) is 10.5 Å². The molecule has 7 nitrogen and oxygen atoms in total. The fourth-order valence-corrected chi connectivity index (χ4v) is 1.66. The van der Waals surface area contributed by atoms with Gasteiger partial charge in [-0.2, -0.15) is 0 Å². The van der Waals surface area contributed by atoms with Crippen molar-refractivity contribution in [2.24, 2.45) is 5.73 Å². The van der Waals surface area contributed by atoms with Crippen LogP contribution in [-0.2, 0) is 11.2 Å². The van der Waals surface area contributed by atoms with Gasteiger partial charge in [-0.25, -0.2) is 4.79 Å². The van der Waals surface area contributed by atoms with Crippen molar-refractivity contribution in [3.63, 3.8) is 0 Å². The van der Waals surface area contributed by atoms with Crippen LogP contribution < -0.4 is 5.73 Å². The van der Waals surface area contributed by atoms with Gasteiger partial charge in [-0.05, 0) is 26.0 Å². The normalized spacial score (nSPS) is 11.0. The summed E-state index contributed by atoms with van der Waals surface area (Å²) in [5.74, 6) is -0.0922. The number of benzene rings is 1. The number of aromatic hydroxyl groups is 1. The predicted octanol–water partition coefficient (Wildman–Crippen LogP) is 1.72. The number of nitro groups is 1. The molecule has 0 aromatic heterocycles. The molecule has 3 N–H and O–H groups in total. The van der Waals surface area contributed by atoms with Crippen molar-refractivity contribution in [3.05, 3.63) is 33.9 Å². The van der Waals surface area contributed by atoms with Crippen LogP contribution in [-0.4, -0.2) is 21.7 Å². The molecule has 0 saturated carbocycles. The minimum atomic E-state index is -0.996. The Labute approximate surface area is 103 Å². The van der Waals surface area contributed by atoms with E-state index in [1.807, 2.05) is 0 Å². The summed E-state index contributed by atoms with van der Waals surface area (Å²) in [5, 5.41) is 20.2. The van der Waals surface area contributed by atoms with Crippen molar-refractivity contribution >= 4 is 11.8 Å². The first kappa shape index (κ1) is 13.8. The molecule has 18 heavy (non-hydrogen) atoms. The highest BCUT2D eigenvalue weighted by Crippen LogP contribution is 2.28. The van der Waals surface area contributed by atoms with Gasteiger partial charge in [0.1, 0.15) is 11.4 Å². The minimum Gasteiger partial charge on any atom is -0.508 e. The molecule has 0 aliphatic heterocycles. The summed E-state index contributed by atoms with van der Waals surface area (Å²) >= 11 is 0.